The van der Waals surface area contributed by atoms with Crippen molar-refractivity contribution in [1.29, 1.82) is 0 Å². The van der Waals surface area contributed by atoms with Crippen molar-refractivity contribution in [3.05, 3.63) is 58.3 Å². The molecule has 0 aromatic heterocycles. The van der Waals surface area contributed by atoms with E-state index in [1.807, 2.05) is 0 Å². The monoisotopic (exact) mass is 251 g/mol. The van der Waals surface area contributed by atoms with Crippen molar-refractivity contribution >= 4 is 5.97 Å². The van der Waals surface area contributed by atoms with Gasteiger partial charge in [-0.05, 0) is 5.56 Å². The second kappa shape index (κ2) is 5.92. The van der Waals surface area contributed by atoms with E-state index in [-0.39, 0.29) is 0 Å². The third kappa shape index (κ3) is 2.72. The number of hydrogen-bond acceptors (Lipinski definition) is 5. The minimum Gasteiger partial charge on any atom is -0.466 e. The Labute approximate surface area is 104 Å². The summed E-state index contributed by atoms with van der Waals surface area (Å²) >= 11 is 0. The Morgan fingerprint density at radius 3 is 2.39 bits per heavy atom. The summed E-state index contributed by atoms with van der Waals surface area (Å²) in [5, 5.41) is 10.4. The van der Waals surface area contributed by atoms with E-state index in [1.54, 1.807) is 30.3 Å². The van der Waals surface area contributed by atoms with Gasteiger partial charge in [-0.1, -0.05) is 30.3 Å². The summed E-state index contributed by atoms with van der Waals surface area (Å²) in [7, 11) is 2.48. The number of benzene rings is 1. The second-order valence-electron chi connectivity index (χ2n) is 3.40. The average molecular weight is 251 g/mol. The van der Waals surface area contributed by atoms with Crippen LogP contribution in [-0.4, -0.2) is 25.1 Å². The molecule has 6 nitrogen and oxygen atoms in total. The molecule has 0 radical (unpaired) electrons. The first-order chi connectivity index (χ1) is 8.56. The van der Waals surface area contributed by atoms with Crippen LogP contribution in [0.25, 0.3) is 0 Å². The van der Waals surface area contributed by atoms with E-state index in [1.165, 1.54) is 14.2 Å². The van der Waals surface area contributed by atoms with Crippen molar-refractivity contribution in [3.63, 3.8) is 0 Å². The first kappa shape index (κ1) is 13.9. The lowest BCUT2D eigenvalue weighted by atomic mass is 9.93. The SMILES string of the molecule is COC(=O)[C@@](/C=C/[N+](=O)[O-])(OC)c1ccccc1. The zero-order chi connectivity index (χ0) is 13.6. The van der Waals surface area contributed by atoms with Gasteiger partial charge in [-0.15, -0.1) is 0 Å². The molecule has 18 heavy (non-hydrogen) atoms. The van der Waals surface area contributed by atoms with Gasteiger partial charge >= 0.3 is 5.97 Å². The highest BCUT2D eigenvalue weighted by molar-refractivity contribution is 5.83. The van der Waals surface area contributed by atoms with Gasteiger partial charge in [0.2, 0.25) is 11.8 Å². The van der Waals surface area contributed by atoms with Crippen LogP contribution >= 0.6 is 0 Å². The molecule has 0 heterocycles. The lowest BCUT2D eigenvalue weighted by Crippen LogP contribution is -2.37. The van der Waals surface area contributed by atoms with Crippen LogP contribution in [0.15, 0.2) is 42.6 Å². The first-order valence-corrected chi connectivity index (χ1v) is 5.08. The number of carbonyl (C=O) groups is 1. The topological polar surface area (TPSA) is 78.7 Å². The number of carbonyl (C=O) groups excluding carboxylic acids is 1. The van der Waals surface area contributed by atoms with E-state index in [4.69, 9.17) is 4.74 Å². The van der Waals surface area contributed by atoms with E-state index in [2.05, 4.69) is 4.74 Å². The molecule has 0 unspecified atom stereocenters. The number of ether oxygens (including phenoxy) is 2. The highest BCUT2D eigenvalue weighted by atomic mass is 16.6. The fraction of sp³-hybridized carbons (Fsp3) is 0.250. The zero-order valence-corrected chi connectivity index (χ0v) is 10.0. The van der Waals surface area contributed by atoms with Crippen LogP contribution in [0, 0.1) is 10.1 Å². The van der Waals surface area contributed by atoms with Crippen molar-refractivity contribution in [1.82, 2.24) is 0 Å². The summed E-state index contributed by atoms with van der Waals surface area (Å²) in [5.41, 5.74) is -1.15. The molecule has 1 rings (SSSR count). The molecular weight excluding hydrogens is 238 g/mol. The Morgan fingerprint density at radius 1 is 1.33 bits per heavy atom. The maximum Gasteiger partial charge on any atom is 0.347 e. The number of nitro groups is 1. The van der Waals surface area contributed by atoms with E-state index in [0.717, 1.165) is 6.08 Å². The van der Waals surface area contributed by atoms with Gasteiger partial charge in [0.25, 0.3) is 0 Å². The number of rotatable bonds is 5. The molecule has 1 atom stereocenters. The van der Waals surface area contributed by atoms with Gasteiger partial charge in [-0.3, -0.25) is 10.1 Å². The Kier molecular flexibility index (Phi) is 4.56. The van der Waals surface area contributed by atoms with Crippen molar-refractivity contribution in [3.8, 4) is 0 Å². The normalized spacial score (nSPS) is 14.1. The quantitative estimate of drug-likeness (QED) is 0.450. The number of methoxy groups -OCH3 is 2. The van der Waals surface area contributed by atoms with Crippen LogP contribution in [0.5, 0.6) is 0 Å². The number of hydrogen-bond donors (Lipinski definition) is 0. The fourth-order valence-electron chi connectivity index (χ4n) is 1.55. The Balaban J connectivity index is 3.31. The van der Waals surface area contributed by atoms with Gasteiger partial charge in [0, 0.05) is 13.2 Å². The molecule has 0 saturated carbocycles. The van der Waals surface area contributed by atoms with Crippen LogP contribution in [0.4, 0.5) is 0 Å². The molecule has 96 valence electrons. The smallest absolute Gasteiger partial charge is 0.347 e. The highest BCUT2D eigenvalue weighted by Crippen LogP contribution is 2.28. The summed E-state index contributed by atoms with van der Waals surface area (Å²) in [4.78, 5) is 21.6. The van der Waals surface area contributed by atoms with Crippen LogP contribution in [0.1, 0.15) is 5.56 Å². The zero-order valence-electron chi connectivity index (χ0n) is 10.0. The minimum absolute atomic E-state index is 0.456. The second-order valence-corrected chi connectivity index (χ2v) is 3.40. The maximum atomic E-state index is 11.9. The van der Waals surface area contributed by atoms with Crippen molar-refractivity contribution in [2.45, 2.75) is 5.60 Å². The number of esters is 1. The molecule has 0 fully saturated rings. The standard InChI is InChI=1S/C12H13NO5/c1-17-11(14)12(18-2,8-9-13(15)16)10-6-4-3-5-7-10/h3-9H,1-2H3/b9-8+/t12-/m0/s1. The van der Waals surface area contributed by atoms with E-state index in [0.29, 0.717) is 11.8 Å². The maximum absolute atomic E-state index is 11.9. The molecule has 0 aliphatic heterocycles. The molecule has 0 aliphatic rings. The van der Waals surface area contributed by atoms with Gasteiger partial charge in [0.05, 0.1) is 12.0 Å². The molecule has 0 N–H and O–H groups in total. The summed E-state index contributed by atoms with van der Waals surface area (Å²) in [6.45, 7) is 0. The molecule has 1 aromatic carbocycles. The van der Waals surface area contributed by atoms with Gasteiger partial charge < -0.3 is 9.47 Å². The minimum atomic E-state index is -1.61. The third-order valence-corrected chi connectivity index (χ3v) is 2.44. The summed E-state index contributed by atoms with van der Waals surface area (Å²) in [5.74, 6) is -0.727. The predicted molar refractivity (Wildman–Crippen MR) is 63.3 cm³/mol. The summed E-state index contributed by atoms with van der Waals surface area (Å²) in [6.07, 6.45) is 1.72. The van der Waals surface area contributed by atoms with Crippen molar-refractivity contribution in [2.24, 2.45) is 0 Å². The fourth-order valence-corrected chi connectivity index (χ4v) is 1.55. The molecule has 1 aromatic rings. The average Bonchev–Trinajstić information content (AvgIpc) is 2.40. The van der Waals surface area contributed by atoms with Gasteiger partial charge in [-0.2, -0.15) is 0 Å². The predicted octanol–water partition coefficient (Wildman–Crippen LogP) is 1.49. The van der Waals surface area contributed by atoms with E-state index in [9.17, 15) is 14.9 Å². The van der Waals surface area contributed by atoms with Crippen molar-refractivity contribution < 1.29 is 19.2 Å². The highest BCUT2D eigenvalue weighted by Gasteiger charge is 2.40. The van der Waals surface area contributed by atoms with Crippen LogP contribution in [0.3, 0.4) is 0 Å². The molecule has 0 aliphatic carbocycles. The summed E-state index contributed by atoms with van der Waals surface area (Å²) in [6, 6.07) is 8.42. The largest absolute Gasteiger partial charge is 0.466 e. The van der Waals surface area contributed by atoms with Crippen molar-refractivity contribution in [2.75, 3.05) is 14.2 Å². The van der Waals surface area contributed by atoms with Gasteiger partial charge in [0.15, 0.2) is 0 Å². The Hall–Kier alpha value is -2.21. The lowest BCUT2D eigenvalue weighted by Gasteiger charge is -2.25. The Morgan fingerprint density at radius 2 is 1.94 bits per heavy atom. The molecule has 0 saturated heterocycles. The molecule has 0 amide bonds. The van der Waals surface area contributed by atoms with Crippen LogP contribution < -0.4 is 0 Å². The van der Waals surface area contributed by atoms with Gasteiger partial charge in [-0.25, -0.2) is 4.79 Å². The van der Waals surface area contributed by atoms with E-state index >= 15 is 0 Å². The first-order valence-electron chi connectivity index (χ1n) is 5.08. The molecule has 0 spiro atoms. The summed E-state index contributed by atoms with van der Waals surface area (Å²) < 4.78 is 9.82. The third-order valence-electron chi connectivity index (χ3n) is 2.44. The number of nitrogens with zero attached hydrogens (tertiary/aromatic N) is 1. The van der Waals surface area contributed by atoms with E-state index < -0.39 is 16.5 Å². The molecular formula is C12H13NO5. The van der Waals surface area contributed by atoms with Gasteiger partial charge in [0.1, 0.15) is 0 Å². The molecule has 6 heteroatoms. The van der Waals surface area contributed by atoms with Crippen LogP contribution in [0.2, 0.25) is 0 Å². The molecule has 0 bridgehead atoms. The Bertz CT molecular complexity index is 457. The lowest BCUT2D eigenvalue weighted by molar-refractivity contribution is -0.403. The van der Waals surface area contributed by atoms with Crippen LogP contribution in [-0.2, 0) is 19.9 Å².